The van der Waals surface area contributed by atoms with E-state index >= 15 is 0 Å². The lowest BCUT2D eigenvalue weighted by atomic mass is 10.1. The molecule has 0 bridgehead atoms. The van der Waals surface area contributed by atoms with E-state index in [1.54, 1.807) is 6.07 Å². The summed E-state index contributed by atoms with van der Waals surface area (Å²) in [5, 5.41) is 3.33. The van der Waals surface area contributed by atoms with E-state index in [1.807, 2.05) is 6.07 Å². The van der Waals surface area contributed by atoms with E-state index < -0.39 is 0 Å². The Bertz CT molecular complexity index is 281. The second-order valence-corrected chi connectivity index (χ2v) is 4.55. The summed E-state index contributed by atoms with van der Waals surface area (Å²) in [6.45, 7) is 4.21. The van der Waals surface area contributed by atoms with Crippen molar-refractivity contribution in [1.82, 2.24) is 5.32 Å². The molecule has 0 fully saturated rings. The van der Waals surface area contributed by atoms with Crippen molar-refractivity contribution in [2.75, 3.05) is 13.1 Å². The quantitative estimate of drug-likeness (QED) is 0.783. The molecule has 0 unspecified atom stereocenters. The first-order valence-electron chi connectivity index (χ1n) is 5.38. The summed E-state index contributed by atoms with van der Waals surface area (Å²) >= 11 is 3.29. The van der Waals surface area contributed by atoms with Gasteiger partial charge in [-0.3, -0.25) is 0 Å². The number of rotatable bonds is 6. The zero-order chi connectivity index (χ0) is 11.1. The Morgan fingerprint density at radius 3 is 2.73 bits per heavy atom. The highest BCUT2D eigenvalue weighted by atomic mass is 79.9. The topological polar surface area (TPSA) is 12.0 Å². The average Bonchev–Trinajstić information content (AvgIpc) is 2.16. The van der Waals surface area contributed by atoms with Gasteiger partial charge in [-0.2, -0.15) is 0 Å². The van der Waals surface area contributed by atoms with E-state index in [0.29, 0.717) is 0 Å². The molecule has 84 valence electrons. The van der Waals surface area contributed by atoms with Gasteiger partial charge in [-0.25, -0.2) is 4.39 Å². The van der Waals surface area contributed by atoms with E-state index in [0.717, 1.165) is 42.4 Å². The molecule has 0 atom stereocenters. The van der Waals surface area contributed by atoms with Gasteiger partial charge in [0.15, 0.2) is 0 Å². The molecule has 0 heterocycles. The molecule has 1 N–H and O–H groups in total. The van der Waals surface area contributed by atoms with Gasteiger partial charge in [0, 0.05) is 4.47 Å². The average molecular weight is 274 g/mol. The molecule has 0 saturated carbocycles. The van der Waals surface area contributed by atoms with Crippen LogP contribution in [0.3, 0.4) is 0 Å². The molecule has 0 aliphatic rings. The zero-order valence-electron chi connectivity index (χ0n) is 9.02. The second-order valence-electron chi connectivity index (χ2n) is 3.63. The maximum absolute atomic E-state index is 13.0. The molecular weight excluding hydrogens is 257 g/mol. The van der Waals surface area contributed by atoms with Crippen LogP contribution in [-0.4, -0.2) is 13.1 Å². The first kappa shape index (κ1) is 12.7. The molecule has 3 heteroatoms. The van der Waals surface area contributed by atoms with E-state index in [9.17, 15) is 4.39 Å². The fraction of sp³-hybridized carbons (Fsp3) is 0.500. The van der Waals surface area contributed by atoms with Gasteiger partial charge in [0.25, 0.3) is 0 Å². The number of nitrogens with one attached hydrogen (secondary N) is 1. The lowest BCUT2D eigenvalue weighted by Gasteiger charge is -2.04. The number of aryl methyl sites for hydroxylation is 1. The highest BCUT2D eigenvalue weighted by Gasteiger charge is 1.98. The van der Waals surface area contributed by atoms with E-state index in [2.05, 4.69) is 28.2 Å². The lowest BCUT2D eigenvalue weighted by Crippen LogP contribution is -2.16. The van der Waals surface area contributed by atoms with E-state index in [1.165, 1.54) is 6.07 Å². The third kappa shape index (κ3) is 5.28. The van der Waals surface area contributed by atoms with Crippen molar-refractivity contribution < 1.29 is 4.39 Å². The van der Waals surface area contributed by atoms with Gasteiger partial charge in [0.1, 0.15) is 5.82 Å². The van der Waals surface area contributed by atoms with Crippen LogP contribution >= 0.6 is 15.9 Å². The standard InChI is InChI=1S/C12H17BrFN/c1-2-5-15-6-3-4-10-7-11(13)9-12(14)8-10/h7-9,15H,2-6H2,1H3. The van der Waals surface area contributed by atoms with Crippen LogP contribution in [-0.2, 0) is 6.42 Å². The van der Waals surface area contributed by atoms with E-state index in [-0.39, 0.29) is 5.82 Å². The van der Waals surface area contributed by atoms with Gasteiger partial charge in [0.2, 0.25) is 0 Å². The van der Waals surface area contributed by atoms with Crippen molar-refractivity contribution in [3.05, 3.63) is 34.1 Å². The highest BCUT2D eigenvalue weighted by Crippen LogP contribution is 2.15. The predicted octanol–water partition coefficient (Wildman–Crippen LogP) is 3.52. The van der Waals surface area contributed by atoms with E-state index in [4.69, 9.17) is 0 Å². The first-order valence-corrected chi connectivity index (χ1v) is 6.17. The third-order valence-electron chi connectivity index (χ3n) is 2.17. The molecule has 0 aliphatic carbocycles. The minimum Gasteiger partial charge on any atom is -0.317 e. The molecule has 0 radical (unpaired) electrons. The van der Waals surface area contributed by atoms with Crippen LogP contribution in [0.5, 0.6) is 0 Å². The van der Waals surface area contributed by atoms with Crippen LogP contribution in [0.2, 0.25) is 0 Å². The summed E-state index contributed by atoms with van der Waals surface area (Å²) in [6.07, 6.45) is 3.13. The third-order valence-corrected chi connectivity index (χ3v) is 2.63. The van der Waals surface area contributed by atoms with Crippen LogP contribution in [0.4, 0.5) is 4.39 Å². The molecule has 0 saturated heterocycles. The van der Waals surface area contributed by atoms with Gasteiger partial charge >= 0.3 is 0 Å². The fourth-order valence-corrected chi connectivity index (χ4v) is 1.99. The van der Waals surface area contributed by atoms with Crippen LogP contribution in [0.1, 0.15) is 25.3 Å². The minimum absolute atomic E-state index is 0.166. The zero-order valence-corrected chi connectivity index (χ0v) is 10.6. The normalized spacial score (nSPS) is 10.6. The SMILES string of the molecule is CCCNCCCc1cc(F)cc(Br)c1. The summed E-state index contributed by atoms with van der Waals surface area (Å²) in [4.78, 5) is 0. The predicted molar refractivity (Wildman–Crippen MR) is 65.6 cm³/mol. The van der Waals surface area contributed by atoms with Gasteiger partial charge < -0.3 is 5.32 Å². The molecule has 0 spiro atoms. The lowest BCUT2D eigenvalue weighted by molar-refractivity contribution is 0.617. The Morgan fingerprint density at radius 2 is 2.07 bits per heavy atom. The monoisotopic (exact) mass is 273 g/mol. The fourth-order valence-electron chi connectivity index (χ4n) is 1.47. The summed E-state index contributed by atoms with van der Waals surface area (Å²) in [6, 6.07) is 5.06. The van der Waals surface area contributed by atoms with Crippen molar-refractivity contribution in [1.29, 1.82) is 0 Å². The molecule has 1 aromatic carbocycles. The molecule has 0 aromatic heterocycles. The second kappa shape index (κ2) is 6.96. The maximum atomic E-state index is 13.0. The van der Waals surface area contributed by atoms with Crippen molar-refractivity contribution in [2.45, 2.75) is 26.2 Å². The smallest absolute Gasteiger partial charge is 0.124 e. The molecule has 1 rings (SSSR count). The number of benzene rings is 1. The summed E-state index contributed by atoms with van der Waals surface area (Å²) < 4.78 is 13.8. The van der Waals surface area contributed by atoms with Crippen molar-refractivity contribution >= 4 is 15.9 Å². The maximum Gasteiger partial charge on any atom is 0.124 e. The molecule has 0 aliphatic heterocycles. The van der Waals surface area contributed by atoms with Gasteiger partial charge in [0.05, 0.1) is 0 Å². The Morgan fingerprint density at radius 1 is 1.27 bits per heavy atom. The van der Waals surface area contributed by atoms with Crippen molar-refractivity contribution in [2.24, 2.45) is 0 Å². The number of hydrogen-bond acceptors (Lipinski definition) is 1. The molecule has 15 heavy (non-hydrogen) atoms. The number of halogens is 2. The van der Waals surface area contributed by atoms with Crippen LogP contribution < -0.4 is 5.32 Å². The Balaban J connectivity index is 2.31. The summed E-state index contributed by atoms with van der Waals surface area (Å²) in [5.41, 5.74) is 1.06. The van der Waals surface area contributed by atoms with Crippen molar-refractivity contribution in [3.8, 4) is 0 Å². The molecular formula is C12H17BrFN. The molecule has 1 aromatic rings. The van der Waals surface area contributed by atoms with Crippen LogP contribution in [0.25, 0.3) is 0 Å². The summed E-state index contributed by atoms with van der Waals surface area (Å²) in [5.74, 6) is -0.166. The van der Waals surface area contributed by atoms with Gasteiger partial charge in [-0.15, -0.1) is 0 Å². The Hall–Kier alpha value is -0.410. The summed E-state index contributed by atoms with van der Waals surface area (Å²) in [7, 11) is 0. The Kier molecular flexibility index (Phi) is 5.88. The minimum atomic E-state index is -0.166. The van der Waals surface area contributed by atoms with Gasteiger partial charge in [-0.05, 0) is 56.1 Å². The highest BCUT2D eigenvalue weighted by molar-refractivity contribution is 9.10. The Labute approximate surface area is 99.2 Å². The van der Waals surface area contributed by atoms with Crippen LogP contribution in [0.15, 0.2) is 22.7 Å². The van der Waals surface area contributed by atoms with Crippen molar-refractivity contribution in [3.63, 3.8) is 0 Å². The molecule has 0 amide bonds. The van der Waals surface area contributed by atoms with Crippen LogP contribution in [0, 0.1) is 5.82 Å². The van der Waals surface area contributed by atoms with Gasteiger partial charge in [-0.1, -0.05) is 22.9 Å². The molecule has 1 nitrogen and oxygen atoms in total. The first-order chi connectivity index (χ1) is 7.22. The number of hydrogen-bond donors (Lipinski definition) is 1. The largest absolute Gasteiger partial charge is 0.317 e.